The van der Waals surface area contributed by atoms with Crippen LogP contribution in [0.2, 0.25) is 5.02 Å². The number of anilines is 1. The maximum absolute atomic E-state index is 5.95. The van der Waals surface area contributed by atoms with Crippen LogP contribution in [0.1, 0.15) is 23.9 Å². The molecule has 1 N–H and O–H groups in total. The molecule has 0 radical (unpaired) electrons. The summed E-state index contributed by atoms with van der Waals surface area (Å²) in [5, 5.41) is 4.96. The lowest BCUT2D eigenvalue weighted by atomic mass is 10.1. The van der Waals surface area contributed by atoms with Crippen LogP contribution >= 0.6 is 11.6 Å². The van der Waals surface area contributed by atoms with Gasteiger partial charge in [0.25, 0.3) is 0 Å². The summed E-state index contributed by atoms with van der Waals surface area (Å²) in [5.74, 6) is 0.499. The highest BCUT2D eigenvalue weighted by molar-refractivity contribution is 6.31. The van der Waals surface area contributed by atoms with Crippen molar-refractivity contribution < 1.29 is 0 Å². The van der Waals surface area contributed by atoms with E-state index in [1.165, 1.54) is 0 Å². The molecule has 98 valence electrons. The fourth-order valence-electron chi connectivity index (χ4n) is 1.69. The third kappa shape index (κ3) is 3.76. The summed E-state index contributed by atoms with van der Waals surface area (Å²) in [6.45, 7) is 5.75. The number of hydrogen-bond donors (Lipinski definition) is 1. The van der Waals surface area contributed by atoms with Crippen LogP contribution in [0.25, 0.3) is 0 Å². The van der Waals surface area contributed by atoms with Gasteiger partial charge in [-0.2, -0.15) is 5.10 Å². The molecule has 4 nitrogen and oxygen atoms in total. The molecule has 0 saturated carbocycles. The molecule has 2 aromatic rings. The van der Waals surface area contributed by atoms with Crippen molar-refractivity contribution in [1.82, 2.24) is 9.97 Å². The van der Waals surface area contributed by atoms with Gasteiger partial charge in [0.1, 0.15) is 0 Å². The van der Waals surface area contributed by atoms with Gasteiger partial charge in [-0.3, -0.25) is 0 Å². The van der Waals surface area contributed by atoms with Crippen molar-refractivity contribution in [1.29, 1.82) is 0 Å². The van der Waals surface area contributed by atoms with Crippen molar-refractivity contribution in [2.24, 2.45) is 5.10 Å². The monoisotopic (exact) mass is 274 g/mol. The zero-order chi connectivity index (χ0) is 13.8. The lowest BCUT2D eigenvalue weighted by Crippen LogP contribution is -2.03. The minimum Gasteiger partial charge on any atom is -0.245 e. The molecule has 0 amide bonds. The van der Waals surface area contributed by atoms with Crippen molar-refractivity contribution in [3.63, 3.8) is 0 Å². The molecule has 5 heteroatoms. The van der Waals surface area contributed by atoms with E-state index in [1.807, 2.05) is 51.1 Å². The van der Waals surface area contributed by atoms with Gasteiger partial charge >= 0.3 is 0 Å². The number of aryl methyl sites for hydroxylation is 2. The molecule has 0 fully saturated rings. The first-order valence-electron chi connectivity index (χ1n) is 5.93. The molecule has 0 aliphatic carbocycles. The maximum atomic E-state index is 5.95. The molecule has 1 aromatic heterocycles. The van der Waals surface area contributed by atoms with Gasteiger partial charge in [-0.25, -0.2) is 15.4 Å². The highest BCUT2D eigenvalue weighted by Gasteiger charge is 2.00. The Morgan fingerprint density at radius 3 is 2.47 bits per heavy atom. The average Bonchev–Trinajstić information content (AvgIpc) is 2.35. The number of aromatic nitrogens is 2. The fourth-order valence-corrected chi connectivity index (χ4v) is 1.88. The average molecular weight is 275 g/mol. The summed E-state index contributed by atoms with van der Waals surface area (Å²) in [4.78, 5) is 8.52. The van der Waals surface area contributed by atoms with Crippen molar-refractivity contribution in [3.8, 4) is 0 Å². The summed E-state index contributed by atoms with van der Waals surface area (Å²) in [5.41, 5.74) is 6.47. The van der Waals surface area contributed by atoms with Crippen molar-refractivity contribution in [2.75, 3.05) is 5.43 Å². The number of rotatable bonds is 3. The molecule has 0 atom stereocenters. The van der Waals surface area contributed by atoms with Crippen molar-refractivity contribution >= 4 is 23.3 Å². The van der Waals surface area contributed by atoms with E-state index in [4.69, 9.17) is 11.6 Å². The molecule has 1 heterocycles. The zero-order valence-corrected chi connectivity index (χ0v) is 11.9. The Hall–Kier alpha value is -1.94. The molecule has 0 spiro atoms. The van der Waals surface area contributed by atoms with Gasteiger partial charge in [-0.05, 0) is 44.5 Å². The first-order valence-corrected chi connectivity index (χ1v) is 6.31. The molecular weight excluding hydrogens is 260 g/mol. The van der Waals surface area contributed by atoms with Gasteiger partial charge in [0.2, 0.25) is 5.95 Å². The maximum Gasteiger partial charge on any atom is 0.243 e. The van der Waals surface area contributed by atoms with Gasteiger partial charge in [-0.1, -0.05) is 23.7 Å². The van der Waals surface area contributed by atoms with Crippen LogP contribution in [0.15, 0.2) is 35.4 Å². The van der Waals surface area contributed by atoms with Crippen LogP contribution in [0, 0.1) is 13.8 Å². The van der Waals surface area contributed by atoms with E-state index < -0.39 is 0 Å². The van der Waals surface area contributed by atoms with E-state index in [0.29, 0.717) is 11.0 Å². The van der Waals surface area contributed by atoms with Crippen LogP contribution in [0.4, 0.5) is 5.95 Å². The minimum absolute atomic E-state index is 0.499. The van der Waals surface area contributed by atoms with Crippen molar-refractivity contribution in [3.05, 3.63) is 52.3 Å². The molecule has 0 saturated heterocycles. The second-order valence-electron chi connectivity index (χ2n) is 4.29. The second-order valence-corrected chi connectivity index (χ2v) is 4.73. The van der Waals surface area contributed by atoms with E-state index in [1.54, 1.807) is 0 Å². The molecule has 0 unspecified atom stereocenters. The number of nitrogens with one attached hydrogen (secondary N) is 1. The van der Waals surface area contributed by atoms with Gasteiger partial charge in [-0.15, -0.1) is 0 Å². The molecule has 0 aliphatic heterocycles. The third-order valence-corrected chi connectivity index (χ3v) is 2.78. The SMILES string of the molecule is C/C(=N\Nc1nc(C)cc(C)n1)c1cccc(Cl)c1. The normalized spacial score (nSPS) is 11.5. The lowest BCUT2D eigenvalue weighted by molar-refractivity contribution is 1.03. The Balaban J connectivity index is 2.18. The predicted molar refractivity (Wildman–Crippen MR) is 78.8 cm³/mol. The van der Waals surface area contributed by atoms with Crippen LogP contribution in [0.3, 0.4) is 0 Å². The van der Waals surface area contributed by atoms with Gasteiger partial charge < -0.3 is 0 Å². The first kappa shape index (κ1) is 13.5. The Morgan fingerprint density at radius 2 is 1.84 bits per heavy atom. The Kier molecular flexibility index (Phi) is 4.12. The van der Waals surface area contributed by atoms with E-state index >= 15 is 0 Å². The van der Waals surface area contributed by atoms with E-state index in [2.05, 4.69) is 20.5 Å². The highest BCUT2D eigenvalue weighted by atomic mass is 35.5. The van der Waals surface area contributed by atoms with Crippen molar-refractivity contribution in [2.45, 2.75) is 20.8 Å². The smallest absolute Gasteiger partial charge is 0.243 e. The number of halogens is 1. The van der Waals surface area contributed by atoms with E-state index in [0.717, 1.165) is 22.7 Å². The lowest BCUT2D eigenvalue weighted by Gasteiger charge is -2.04. The quantitative estimate of drug-likeness (QED) is 0.687. The second kappa shape index (κ2) is 5.80. The standard InChI is InChI=1S/C14H15ClN4/c1-9-7-10(2)17-14(16-9)19-18-11(3)12-5-4-6-13(15)8-12/h4-8H,1-3H3,(H,16,17,19)/b18-11+. The largest absolute Gasteiger partial charge is 0.245 e. The van der Waals surface area contributed by atoms with E-state index in [9.17, 15) is 0 Å². The summed E-state index contributed by atoms with van der Waals surface area (Å²) in [7, 11) is 0. The molecule has 0 bridgehead atoms. The summed E-state index contributed by atoms with van der Waals surface area (Å²) >= 11 is 5.95. The Morgan fingerprint density at radius 1 is 1.16 bits per heavy atom. The van der Waals surface area contributed by atoms with Gasteiger partial charge in [0.05, 0.1) is 5.71 Å². The first-order chi connectivity index (χ1) is 9.04. The molecular formula is C14H15ClN4. The molecule has 0 aliphatic rings. The fraction of sp³-hybridized carbons (Fsp3) is 0.214. The third-order valence-electron chi connectivity index (χ3n) is 2.55. The van der Waals surface area contributed by atoms with Crippen LogP contribution in [0.5, 0.6) is 0 Å². The summed E-state index contributed by atoms with van der Waals surface area (Å²) < 4.78 is 0. The van der Waals surface area contributed by atoms with E-state index in [-0.39, 0.29) is 0 Å². The van der Waals surface area contributed by atoms with Crippen LogP contribution < -0.4 is 5.43 Å². The summed E-state index contributed by atoms with van der Waals surface area (Å²) in [6, 6.07) is 9.46. The van der Waals surface area contributed by atoms with Crippen LogP contribution in [-0.4, -0.2) is 15.7 Å². The Labute approximate surface area is 117 Å². The minimum atomic E-state index is 0.499. The molecule has 1 aromatic carbocycles. The number of nitrogens with zero attached hydrogens (tertiary/aromatic N) is 3. The topological polar surface area (TPSA) is 50.2 Å². The molecule has 2 rings (SSSR count). The number of benzene rings is 1. The Bertz CT molecular complexity index is 602. The van der Waals surface area contributed by atoms with Gasteiger partial charge in [0, 0.05) is 16.4 Å². The zero-order valence-electron chi connectivity index (χ0n) is 11.1. The predicted octanol–water partition coefficient (Wildman–Crippen LogP) is 3.58. The van der Waals surface area contributed by atoms with Gasteiger partial charge in [0.15, 0.2) is 0 Å². The summed E-state index contributed by atoms with van der Waals surface area (Å²) in [6.07, 6.45) is 0. The molecule has 19 heavy (non-hydrogen) atoms. The number of hydrogen-bond acceptors (Lipinski definition) is 4. The highest BCUT2D eigenvalue weighted by Crippen LogP contribution is 2.12. The number of hydrazone groups is 1. The van der Waals surface area contributed by atoms with Crippen LogP contribution in [-0.2, 0) is 0 Å².